The van der Waals surface area contributed by atoms with Crippen molar-refractivity contribution < 1.29 is 4.79 Å². The van der Waals surface area contributed by atoms with E-state index in [0.717, 1.165) is 39.1 Å². The van der Waals surface area contributed by atoms with Crippen LogP contribution in [-0.4, -0.2) is 32.0 Å². The number of H-pyrrole nitrogens is 1. The summed E-state index contributed by atoms with van der Waals surface area (Å²) in [5.74, 6) is 1.88. The maximum Gasteiger partial charge on any atom is 0.242 e. The normalized spacial score (nSPS) is 19.4. The van der Waals surface area contributed by atoms with Crippen molar-refractivity contribution in [1.29, 1.82) is 0 Å². The molecule has 1 unspecified atom stereocenters. The lowest BCUT2D eigenvalue weighted by atomic mass is 9.70. The van der Waals surface area contributed by atoms with Crippen molar-refractivity contribution >= 4 is 45.1 Å². The molecular formula is C27H22N6O. The molecule has 7 nitrogen and oxygen atoms in total. The Balaban J connectivity index is 1.62. The van der Waals surface area contributed by atoms with Crippen molar-refractivity contribution in [2.75, 3.05) is 11.4 Å². The number of hydrogen-bond acceptors (Lipinski definition) is 4. The van der Waals surface area contributed by atoms with Crippen molar-refractivity contribution in [2.24, 2.45) is 5.73 Å². The molecule has 1 atom stereocenters. The second-order valence-corrected chi connectivity index (χ2v) is 8.86. The molecule has 0 aliphatic carbocycles. The highest BCUT2D eigenvalue weighted by molar-refractivity contribution is 6.19. The molecule has 0 radical (unpaired) electrons. The van der Waals surface area contributed by atoms with Crippen LogP contribution in [0.25, 0.3) is 33.5 Å². The Kier molecular flexibility index (Phi) is 3.69. The van der Waals surface area contributed by atoms with E-state index in [2.05, 4.69) is 4.98 Å². The SMILES string of the molecule is CCN1C(=O)C2(Cc3nc4ccccc4n3C(N)=C2c2nc3ccccc3[nH]2)c2ccccc21. The molecule has 2 aliphatic heterocycles. The number of para-hydroxylation sites is 5. The number of nitrogens with one attached hydrogen (secondary N) is 1. The van der Waals surface area contributed by atoms with E-state index in [9.17, 15) is 4.79 Å². The van der Waals surface area contributed by atoms with Gasteiger partial charge >= 0.3 is 0 Å². The molecule has 3 aromatic carbocycles. The number of anilines is 1. The van der Waals surface area contributed by atoms with E-state index >= 15 is 0 Å². The molecule has 7 heteroatoms. The van der Waals surface area contributed by atoms with Gasteiger partial charge in [-0.3, -0.25) is 9.36 Å². The number of carbonyl (C=O) groups excluding carboxylic acids is 1. The fraction of sp³-hybridized carbons (Fsp3) is 0.148. The quantitative estimate of drug-likeness (QED) is 0.428. The maximum absolute atomic E-state index is 14.3. The number of hydrogen-bond donors (Lipinski definition) is 2. The van der Waals surface area contributed by atoms with Crippen LogP contribution in [0.1, 0.15) is 24.1 Å². The van der Waals surface area contributed by atoms with Crippen LogP contribution in [0.5, 0.6) is 0 Å². The molecule has 7 rings (SSSR count). The van der Waals surface area contributed by atoms with E-state index in [4.69, 9.17) is 15.7 Å². The number of imidazole rings is 2. The first-order valence-electron chi connectivity index (χ1n) is 11.5. The summed E-state index contributed by atoms with van der Waals surface area (Å²) in [7, 11) is 0. The third-order valence-corrected chi connectivity index (χ3v) is 7.18. The molecule has 3 N–H and O–H groups in total. The van der Waals surface area contributed by atoms with Gasteiger partial charge in [-0.25, -0.2) is 9.97 Å². The smallest absolute Gasteiger partial charge is 0.242 e. The first-order chi connectivity index (χ1) is 16.6. The van der Waals surface area contributed by atoms with Crippen molar-refractivity contribution in [2.45, 2.75) is 18.8 Å². The molecular weight excluding hydrogens is 424 g/mol. The molecule has 4 heterocycles. The summed E-state index contributed by atoms with van der Waals surface area (Å²) in [5, 5.41) is 0. The summed E-state index contributed by atoms with van der Waals surface area (Å²) >= 11 is 0. The second kappa shape index (κ2) is 6.57. The van der Waals surface area contributed by atoms with Gasteiger partial charge in [-0.05, 0) is 42.8 Å². The van der Waals surface area contributed by atoms with Crippen LogP contribution in [0.3, 0.4) is 0 Å². The largest absolute Gasteiger partial charge is 0.384 e. The first kappa shape index (κ1) is 19.1. The summed E-state index contributed by atoms with van der Waals surface area (Å²) in [6, 6.07) is 23.8. The number of likely N-dealkylation sites (N-methyl/N-ethyl adjacent to an activating group) is 1. The van der Waals surface area contributed by atoms with E-state index < -0.39 is 5.41 Å². The zero-order valence-corrected chi connectivity index (χ0v) is 18.6. The van der Waals surface area contributed by atoms with Crippen LogP contribution in [0, 0.1) is 0 Å². The minimum atomic E-state index is -1.01. The van der Waals surface area contributed by atoms with Crippen molar-refractivity contribution in [1.82, 2.24) is 19.5 Å². The Labute approximate surface area is 195 Å². The fourth-order valence-electron chi connectivity index (χ4n) is 5.77. The molecule has 1 spiro atoms. The third-order valence-electron chi connectivity index (χ3n) is 7.18. The molecule has 0 saturated carbocycles. The Morgan fingerprint density at radius 3 is 2.53 bits per heavy atom. The summed E-state index contributed by atoms with van der Waals surface area (Å²) in [6.07, 6.45) is 0.404. The van der Waals surface area contributed by atoms with Gasteiger partial charge in [-0.15, -0.1) is 0 Å². The fourth-order valence-corrected chi connectivity index (χ4v) is 5.77. The topological polar surface area (TPSA) is 92.8 Å². The number of aromatic nitrogens is 4. The number of aromatic amines is 1. The Bertz CT molecular complexity index is 1640. The highest BCUT2D eigenvalue weighted by Gasteiger charge is 2.57. The zero-order chi connectivity index (χ0) is 23.0. The Morgan fingerprint density at radius 2 is 1.71 bits per heavy atom. The Morgan fingerprint density at radius 1 is 0.971 bits per heavy atom. The Hall–Kier alpha value is -4.39. The number of rotatable bonds is 2. The van der Waals surface area contributed by atoms with E-state index in [0.29, 0.717) is 30.2 Å². The number of carbonyl (C=O) groups is 1. The summed E-state index contributed by atoms with van der Waals surface area (Å²) in [6.45, 7) is 2.57. The van der Waals surface area contributed by atoms with E-state index in [1.807, 2.05) is 89.2 Å². The predicted octanol–water partition coefficient (Wildman–Crippen LogP) is 4.06. The van der Waals surface area contributed by atoms with E-state index in [-0.39, 0.29) is 5.91 Å². The van der Waals surface area contributed by atoms with Gasteiger partial charge in [0.2, 0.25) is 5.91 Å². The van der Waals surface area contributed by atoms with Gasteiger partial charge in [0.1, 0.15) is 22.9 Å². The minimum Gasteiger partial charge on any atom is -0.384 e. The van der Waals surface area contributed by atoms with Gasteiger partial charge in [0.25, 0.3) is 0 Å². The van der Waals surface area contributed by atoms with Crippen LogP contribution in [0.4, 0.5) is 5.69 Å². The van der Waals surface area contributed by atoms with Gasteiger partial charge < -0.3 is 15.6 Å². The van der Waals surface area contributed by atoms with Crippen molar-refractivity contribution in [3.63, 3.8) is 0 Å². The summed E-state index contributed by atoms with van der Waals surface area (Å²) < 4.78 is 1.98. The molecule has 0 saturated heterocycles. The van der Waals surface area contributed by atoms with E-state index in [1.165, 1.54) is 0 Å². The number of nitrogens with two attached hydrogens (primary N) is 1. The highest BCUT2D eigenvalue weighted by Crippen LogP contribution is 2.54. The lowest BCUT2D eigenvalue weighted by Gasteiger charge is -2.35. The molecule has 1 amide bonds. The van der Waals surface area contributed by atoms with Gasteiger partial charge in [0, 0.05) is 18.7 Å². The standard InChI is InChI=1S/C27H22N6O/c1-2-32-20-13-7-3-9-16(20)27(26(32)34)15-22-29-19-12-6-8-14-21(19)33(22)24(28)23(27)25-30-17-10-4-5-11-18(17)31-25/h3-14H,2,15,28H2,1H3,(H,30,31). The molecule has 5 aromatic rings. The number of fused-ring (bicyclic) bond motifs is 6. The number of amides is 1. The van der Waals surface area contributed by atoms with Gasteiger partial charge in [0.15, 0.2) is 0 Å². The average Bonchev–Trinajstić information content (AvgIpc) is 3.51. The molecule has 166 valence electrons. The van der Waals surface area contributed by atoms with Crippen LogP contribution in [0.2, 0.25) is 0 Å². The lowest BCUT2D eigenvalue weighted by molar-refractivity contribution is -0.121. The lowest BCUT2D eigenvalue weighted by Crippen LogP contribution is -2.46. The summed E-state index contributed by atoms with van der Waals surface area (Å²) in [5.41, 5.74) is 12.0. The molecule has 0 fully saturated rings. The molecule has 34 heavy (non-hydrogen) atoms. The predicted molar refractivity (Wildman–Crippen MR) is 133 cm³/mol. The van der Waals surface area contributed by atoms with Crippen LogP contribution in [-0.2, 0) is 16.6 Å². The van der Waals surface area contributed by atoms with Crippen LogP contribution in [0.15, 0.2) is 72.8 Å². The van der Waals surface area contributed by atoms with Crippen LogP contribution >= 0.6 is 0 Å². The van der Waals surface area contributed by atoms with Gasteiger partial charge in [-0.1, -0.05) is 42.5 Å². The number of nitrogens with zero attached hydrogens (tertiary/aromatic N) is 4. The third kappa shape index (κ3) is 2.23. The van der Waals surface area contributed by atoms with E-state index in [1.54, 1.807) is 0 Å². The molecule has 2 aliphatic rings. The van der Waals surface area contributed by atoms with Crippen molar-refractivity contribution in [3.05, 3.63) is 90.0 Å². The molecule has 2 aromatic heterocycles. The summed E-state index contributed by atoms with van der Waals surface area (Å²) in [4.78, 5) is 29.4. The maximum atomic E-state index is 14.3. The minimum absolute atomic E-state index is 0.00733. The average molecular weight is 447 g/mol. The van der Waals surface area contributed by atoms with Crippen molar-refractivity contribution in [3.8, 4) is 0 Å². The van der Waals surface area contributed by atoms with Gasteiger partial charge in [0.05, 0.1) is 27.6 Å². The second-order valence-electron chi connectivity index (χ2n) is 8.86. The van der Waals surface area contributed by atoms with Crippen LogP contribution < -0.4 is 10.6 Å². The van der Waals surface area contributed by atoms with Gasteiger partial charge in [-0.2, -0.15) is 0 Å². The highest BCUT2D eigenvalue weighted by atomic mass is 16.2. The zero-order valence-electron chi connectivity index (χ0n) is 18.6. The molecule has 0 bridgehead atoms. The number of benzene rings is 3. The first-order valence-corrected chi connectivity index (χ1v) is 11.5. The monoisotopic (exact) mass is 446 g/mol.